The van der Waals surface area contributed by atoms with Gasteiger partial charge in [-0.1, -0.05) is 11.6 Å². The number of fused-ring (bicyclic) bond motifs is 1. The van der Waals surface area contributed by atoms with E-state index in [1.165, 1.54) is 0 Å². The van der Waals surface area contributed by atoms with Gasteiger partial charge in [-0.2, -0.15) is 0 Å². The number of piperidine rings is 1. The minimum absolute atomic E-state index is 0.0378. The summed E-state index contributed by atoms with van der Waals surface area (Å²) in [5, 5.41) is 0.639. The number of ether oxygens (including phenoxy) is 1. The van der Waals surface area contributed by atoms with Gasteiger partial charge in [0.05, 0.1) is 5.57 Å². The fourth-order valence-electron chi connectivity index (χ4n) is 2.97. The summed E-state index contributed by atoms with van der Waals surface area (Å²) in [5.41, 5.74) is 7.33. The molecule has 1 fully saturated rings. The SMILES string of the molecule is NCC1CCCCN1C(=O)C1=Cc2cc(Cl)ccc2OC1. The van der Waals surface area contributed by atoms with Gasteiger partial charge in [0, 0.05) is 29.7 Å². The van der Waals surface area contributed by atoms with Gasteiger partial charge in [0.25, 0.3) is 5.91 Å². The monoisotopic (exact) mass is 306 g/mol. The minimum Gasteiger partial charge on any atom is -0.488 e. The molecule has 1 unspecified atom stereocenters. The molecule has 0 spiro atoms. The minimum atomic E-state index is 0.0378. The number of rotatable bonds is 2. The fraction of sp³-hybridized carbons (Fsp3) is 0.438. The molecular formula is C16H19ClN2O2. The maximum Gasteiger partial charge on any atom is 0.253 e. The average Bonchev–Trinajstić information content (AvgIpc) is 2.53. The second kappa shape index (κ2) is 6.08. The van der Waals surface area contributed by atoms with Crippen molar-refractivity contribution in [3.63, 3.8) is 0 Å². The molecule has 21 heavy (non-hydrogen) atoms. The summed E-state index contributed by atoms with van der Waals surface area (Å²) in [7, 11) is 0. The molecule has 0 radical (unpaired) electrons. The third-order valence-electron chi connectivity index (χ3n) is 4.12. The molecule has 0 aromatic heterocycles. The van der Waals surface area contributed by atoms with Crippen molar-refractivity contribution in [1.82, 2.24) is 4.90 Å². The Morgan fingerprint density at radius 2 is 2.29 bits per heavy atom. The van der Waals surface area contributed by atoms with Gasteiger partial charge in [-0.3, -0.25) is 4.79 Å². The van der Waals surface area contributed by atoms with Crippen molar-refractivity contribution in [2.45, 2.75) is 25.3 Å². The number of carbonyl (C=O) groups excluding carboxylic acids is 1. The molecule has 1 amide bonds. The molecule has 1 aromatic carbocycles. The summed E-state index contributed by atoms with van der Waals surface area (Å²) in [6.07, 6.45) is 5.05. The number of nitrogens with two attached hydrogens (primary N) is 1. The first-order chi connectivity index (χ1) is 10.2. The third kappa shape index (κ3) is 2.92. The van der Waals surface area contributed by atoms with E-state index in [0.717, 1.165) is 37.1 Å². The smallest absolute Gasteiger partial charge is 0.253 e. The van der Waals surface area contributed by atoms with Crippen LogP contribution in [0.5, 0.6) is 5.75 Å². The van der Waals surface area contributed by atoms with Crippen LogP contribution < -0.4 is 10.5 Å². The molecule has 0 aliphatic carbocycles. The van der Waals surface area contributed by atoms with Crippen molar-refractivity contribution in [3.05, 3.63) is 34.4 Å². The number of nitrogens with zero attached hydrogens (tertiary/aromatic N) is 1. The zero-order valence-corrected chi connectivity index (χ0v) is 12.6. The Kier molecular flexibility index (Phi) is 4.17. The number of halogens is 1. The lowest BCUT2D eigenvalue weighted by atomic mass is 9.99. The van der Waals surface area contributed by atoms with Crippen molar-refractivity contribution < 1.29 is 9.53 Å². The standard InChI is InChI=1S/C16H19ClN2O2/c17-13-4-5-15-11(8-13)7-12(10-21-15)16(20)19-6-2-1-3-14(19)9-18/h4-5,7-8,14H,1-3,6,9-10,18H2. The quantitative estimate of drug-likeness (QED) is 0.913. The molecule has 5 heteroatoms. The molecule has 0 saturated carbocycles. The third-order valence-corrected chi connectivity index (χ3v) is 4.35. The van der Waals surface area contributed by atoms with Crippen LogP contribution >= 0.6 is 11.6 Å². The van der Waals surface area contributed by atoms with E-state index >= 15 is 0 Å². The number of hydrogen-bond acceptors (Lipinski definition) is 3. The fourth-order valence-corrected chi connectivity index (χ4v) is 3.15. The highest BCUT2D eigenvalue weighted by Crippen LogP contribution is 2.30. The summed E-state index contributed by atoms with van der Waals surface area (Å²) >= 11 is 6.00. The van der Waals surface area contributed by atoms with Gasteiger partial charge in [-0.15, -0.1) is 0 Å². The Morgan fingerprint density at radius 3 is 3.10 bits per heavy atom. The van der Waals surface area contributed by atoms with Crippen LogP contribution in [-0.2, 0) is 4.79 Å². The first-order valence-corrected chi connectivity index (χ1v) is 7.71. The Hall–Kier alpha value is -1.52. The van der Waals surface area contributed by atoms with Crippen LogP contribution in [0.25, 0.3) is 6.08 Å². The van der Waals surface area contributed by atoms with Crippen molar-refractivity contribution in [2.24, 2.45) is 5.73 Å². The lowest BCUT2D eigenvalue weighted by Crippen LogP contribution is -2.48. The van der Waals surface area contributed by atoms with Gasteiger partial charge in [0.2, 0.25) is 0 Å². The van der Waals surface area contributed by atoms with E-state index in [4.69, 9.17) is 22.1 Å². The molecule has 0 bridgehead atoms. The van der Waals surface area contributed by atoms with Crippen LogP contribution in [0, 0.1) is 0 Å². The Balaban J connectivity index is 1.85. The zero-order valence-electron chi connectivity index (χ0n) is 11.8. The Morgan fingerprint density at radius 1 is 1.43 bits per heavy atom. The lowest BCUT2D eigenvalue weighted by molar-refractivity contribution is -0.130. The number of carbonyl (C=O) groups is 1. The normalized spacial score (nSPS) is 21.3. The van der Waals surface area contributed by atoms with E-state index in [2.05, 4.69) is 0 Å². The topological polar surface area (TPSA) is 55.6 Å². The highest BCUT2D eigenvalue weighted by molar-refractivity contribution is 6.30. The van der Waals surface area contributed by atoms with E-state index in [1.807, 2.05) is 23.1 Å². The van der Waals surface area contributed by atoms with Crippen LogP contribution in [0.15, 0.2) is 23.8 Å². The van der Waals surface area contributed by atoms with Gasteiger partial charge in [-0.25, -0.2) is 0 Å². The van der Waals surface area contributed by atoms with Crippen molar-refractivity contribution in [3.8, 4) is 5.75 Å². The average molecular weight is 307 g/mol. The molecule has 2 aliphatic heterocycles. The summed E-state index contributed by atoms with van der Waals surface area (Å²) in [6, 6.07) is 5.59. The molecule has 1 atom stereocenters. The van der Waals surface area contributed by atoms with Crippen molar-refractivity contribution in [2.75, 3.05) is 19.7 Å². The van der Waals surface area contributed by atoms with E-state index in [0.29, 0.717) is 23.7 Å². The lowest BCUT2D eigenvalue weighted by Gasteiger charge is -2.36. The van der Waals surface area contributed by atoms with Gasteiger partial charge in [-0.05, 0) is 43.5 Å². The predicted molar refractivity (Wildman–Crippen MR) is 83.3 cm³/mol. The maximum absolute atomic E-state index is 12.7. The number of benzene rings is 1. The first-order valence-electron chi connectivity index (χ1n) is 7.33. The second-order valence-corrected chi connectivity index (χ2v) is 5.96. The number of hydrogen-bond donors (Lipinski definition) is 1. The summed E-state index contributed by atoms with van der Waals surface area (Å²) in [5.74, 6) is 0.806. The molecule has 1 saturated heterocycles. The largest absolute Gasteiger partial charge is 0.488 e. The van der Waals surface area contributed by atoms with E-state index in [1.54, 1.807) is 6.07 Å². The van der Waals surface area contributed by atoms with Crippen LogP contribution in [-0.4, -0.2) is 36.5 Å². The van der Waals surface area contributed by atoms with Gasteiger partial charge < -0.3 is 15.4 Å². The van der Waals surface area contributed by atoms with E-state index in [-0.39, 0.29) is 11.9 Å². The maximum atomic E-state index is 12.7. The van der Waals surface area contributed by atoms with E-state index < -0.39 is 0 Å². The Bertz CT molecular complexity index is 586. The second-order valence-electron chi connectivity index (χ2n) is 5.52. The number of amides is 1. The molecule has 112 valence electrons. The summed E-state index contributed by atoms with van der Waals surface area (Å²) in [6.45, 7) is 1.60. The van der Waals surface area contributed by atoms with Crippen LogP contribution in [0.1, 0.15) is 24.8 Å². The molecule has 4 nitrogen and oxygen atoms in total. The summed E-state index contributed by atoms with van der Waals surface area (Å²) < 4.78 is 5.67. The van der Waals surface area contributed by atoms with Crippen molar-refractivity contribution >= 4 is 23.6 Å². The highest BCUT2D eigenvalue weighted by atomic mass is 35.5. The molecular weight excluding hydrogens is 288 g/mol. The first kappa shape index (κ1) is 14.4. The molecule has 2 heterocycles. The number of likely N-dealkylation sites (tertiary alicyclic amines) is 1. The van der Waals surface area contributed by atoms with E-state index in [9.17, 15) is 4.79 Å². The molecule has 2 aliphatic rings. The summed E-state index contributed by atoms with van der Waals surface area (Å²) in [4.78, 5) is 14.6. The molecule has 3 rings (SSSR count). The van der Waals surface area contributed by atoms with Gasteiger partial charge in [0.1, 0.15) is 12.4 Å². The Labute approximate surface area is 129 Å². The van der Waals surface area contributed by atoms with Gasteiger partial charge in [0.15, 0.2) is 0 Å². The van der Waals surface area contributed by atoms with Crippen LogP contribution in [0.2, 0.25) is 5.02 Å². The molecule has 2 N–H and O–H groups in total. The molecule has 1 aromatic rings. The van der Waals surface area contributed by atoms with Crippen molar-refractivity contribution in [1.29, 1.82) is 0 Å². The van der Waals surface area contributed by atoms with Crippen LogP contribution in [0.4, 0.5) is 0 Å². The van der Waals surface area contributed by atoms with Crippen LogP contribution in [0.3, 0.4) is 0 Å². The highest BCUT2D eigenvalue weighted by Gasteiger charge is 2.29. The predicted octanol–water partition coefficient (Wildman–Crippen LogP) is 2.46. The zero-order chi connectivity index (χ0) is 14.8. The van der Waals surface area contributed by atoms with Gasteiger partial charge >= 0.3 is 0 Å².